The molecule has 6 heteroatoms. The summed E-state index contributed by atoms with van der Waals surface area (Å²) in [5, 5.41) is 7.95. The molecule has 1 heterocycles. The Morgan fingerprint density at radius 1 is 1.53 bits per heavy atom. The minimum Gasteiger partial charge on any atom is -0.382 e. The average molecular weight is 258 g/mol. The predicted octanol–water partition coefficient (Wildman–Crippen LogP) is 2.65. The molecule has 2 rings (SSSR count). The zero-order valence-electron chi connectivity index (χ0n) is 9.65. The van der Waals surface area contributed by atoms with Gasteiger partial charge in [0.1, 0.15) is 11.3 Å². The second-order valence-corrected chi connectivity index (χ2v) is 4.31. The first kappa shape index (κ1) is 12.3. The van der Waals surface area contributed by atoms with Gasteiger partial charge in [-0.25, -0.2) is 9.07 Å². The molecule has 0 spiro atoms. The van der Waals surface area contributed by atoms with Crippen LogP contribution in [0.3, 0.4) is 0 Å². The van der Waals surface area contributed by atoms with E-state index in [1.807, 2.05) is 6.92 Å². The van der Waals surface area contributed by atoms with Gasteiger partial charge in [0.2, 0.25) is 0 Å². The zero-order chi connectivity index (χ0) is 12.4. The molecule has 1 aromatic carbocycles. The van der Waals surface area contributed by atoms with E-state index in [2.05, 4.69) is 10.3 Å². The second kappa shape index (κ2) is 4.98. The van der Waals surface area contributed by atoms with Crippen molar-refractivity contribution < 1.29 is 9.13 Å². The Balaban J connectivity index is 2.26. The molecule has 92 valence electrons. The molecule has 1 aromatic heterocycles. The lowest BCUT2D eigenvalue weighted by atomic mass is 10.2. The van der Waals surface area contributed by atoms with E-state index in [4.69, 9.17) is 16.3 Å². The number of rotatable bonds is 4. The number of fused-ring (bicyclic) bond motifs is 1. The van der Waals surface area contributed by atoms with Crippen LogP contribution in [0.1, 0.15) is 13.3 Å². The van der Waals surface area contributed by atoms with Gasteiger partial charge in [0.25, 0.3) is 0 Å². The fraction of sp³-hybridized carbons (Fsp3) is 0.455. The van der Waals surface area contributed by atoms with Gasteiger partial charge in [-0.05, 0) is 19.4 Å². The van der Waals surface area contributed by atoms with Gasteiger partial charge in [0.05, 0.1) is 16.6 Å². The van der Waals surface area contributed by atoms with Crippen molar-refractivity contribution in [1.82, 2.24) is 15.0 Å². The highest BCUT2D eigenvalue weighted by Gasteiger charge is 2.10. The highest BCUT2D eigenvalue weighted by Crippen LogP contribution is 2.21. The molecule has 0 aliphatic carbocycles. The summed E-state index contributed by atoms with van der Waals surface area (Å²) >= 11 is 5.74. The van der Waals surface area contributed by atoms with Crippen LogP contribution in [0.5, 0.6) is 0 Å². The number of aromatic nitrogens is 3. The molecular formula is C11H13ClFN3O. The first-order valence-corrected chi connectivity index (χ1v) is 5.70. The van der Waals surface area contributed by atoms with Crippen LogP contribution in [0.15, 0.2) is 12.1 Å². The number of halogens is 2. The Morgan fingerprint density at radius 3 is 3.00 bits per heavy atom. The van der Waals surface area contributed by atoms with E-state index >= 15 is 0 Å². The molecule has 2 aromatic rings. The van der Waals surface area contributed by atoms with E-state index in [0.717, 1.165) is 11.9 Å². The average Bonchev–Trinajstić information content (AvgIpc) is 2.69. The Labute approximate surface area is 103 Å². The van der Waals surface area contributed by atoms with Crippen LogP contribution in [0.25, 0.3) is 11.0 Å². The van der Waals surface area contributed by atoms with Crippen LogP contribution in [-0.2, 0) is 11.3 Å². The van der Waals surface area contributed by atoms with Gasteiger partial charge in [-0.1, -0.05) is 16.8 Å². The molecule has 0 aliphatic rings. The standard InChI is InChI=1S/C11H13ClFN3O/c1-7(17-2)3-4-16-11-5-8(12)9(13)6-10(11)14-15-16/h5-7H,3-4H2,1-2H3. The fourth-order valence-corrected chi connectivity index (χ4v) is 1.71. The van der Waals surface area contributed by atoms with Crippen molar-refractivity contribution in [3.8, 4) is 0 Å². The summed E-state index contributed by atoms with van der Waals surface area (Å²) in [6.07, 6.45) is 0.953. The van der Waals surface area contributed by atoms with Gasteiger partial charge in [0, 0.05) is 19.7 Å². The molecule has 0 saturated heterocycles. The first-order chi connectivity index (χ1) is 8.11. The molecule has 0 N–H and O–H groups in total. The summed E-state index contributed by atoms with van der Waals surface area (Å²) in [7, 11) is 1.66. The quantitative estimate of drug-likeness (QED) is 0.845. The summed E-state index contributed by atoms with van der Waals surface area (Å²) in [5.74, 6) is -0.475. The molecule has 0 amide bonds. The first-order valence-electron chi connectivity index (χ1n) is 5.33. The summed E-state index contributed by atoms with van der Waals surface area (Å²) in [6.45, 7) is 2.64. The molecule has 17 heavy (non-hydrogen) atoms. The number of nitrogens with zero attached hydrogens (tertiary/aromatic N) is 3. The zero-order valence-corrected chi connectivity index (χ0v) is 10.4. The lowest BCUT2D eigenvalue weighted by Gasteiger charge is -2.08. The summed E-state index contributed by atoms with van der Waals surface area (Å²) < 4.78 is 20.1. The maximum Gasteiger partial charge on any atom is 0.144 e. The topological polar surface area (TPSA) is 39.9 Å². The number of hydrogen-bond acceptors (Lipinski definition) is 3. The van der Waals surface area contributed by atoms with Gasteiger partial charge >= 0.3 is 0 Å². The van der Waals surface area contributed by atoms with Crippen LogP contribution in [0.2, 0.25) is 5.02 Å². The minimum atomic E-state index is -0.475. The normalized spacial score (nSPS) is 13.2. The third kappa shape index (κ3) is 2.56. The van der Waals surface area contributed by atoms with Gasteiger partial charge in [0.15, 0.2) is 0 Å². The third-order valence-corrected chi connectivity index (χ3v) is 3.00. The summed E-state index contributed by atoms with van der Waals surface area (Å²) in [6, 6.07) is 2.84. The van der Waals surface area contributed by atoms with Gasteiger partial charge in [-0.15, -0.1) is 5.10 Å². The van der Waals surface area contributed by atoms with E-state index < -0.39 is 5.82 Å². The molecule has 1 unspecified atom stereocenters. The van der Waals surface area contributed by atoms with Crippen LogP contribution >= 0.6 is 11.6 Å². The smallest absolute Gasteiger partial charge is 0.144 e. The lowest BCUT2D eigenvalue weighted by Crippen LogP contribution is -2.10. The van der Waals surface area contributed by atoms with Crippen LogP contribution in [0, 0.1) is 5.82 Å². The summed E-state index contributed by atoms with van der Waals surface area (Å²) in [5.41, 5.74) is 1.25. The summed E-state index contributed by atoms with van der Waals surface area (Å²) in [4.78, 5) is 0. The number of benzene rings is 1. The highest BCUT2D eigenvalue weighted by atomic mass is 35.5. The van der Waals surface area contributed by atoms with E-state index in [1.165, 1.54) is 6.07 Å². The maximum absolute atomic E-state index is 13.2. The van der Waals surface area contributed by atoms with Crippen molar-refractivity contribution in [2.75, 3.05) is 7.11 Å². The van der Waals surface area contributed by atoms with Crippen molar-refractivity contribution in [3.05, 3.63) is 23.0 Å². The molecule has 0 aliphatic heterocycles. The Hall–Kier alpha value is -1.20. The van der Waals surface area contributed by atoms with E-state index in [-0.39, 0.29) is 11.1 Å². The monoisotopic (exact) mass is 257 g/mol. The van der Waals surface area contributed by atoms with Gasteiger partial charge < -0.3 is 4.74 Å². The Bertz CT molecular complexity index is 529. The van der Waals surface area contributed by atoms with Crippen molar-refractivity contribution in [3.63, 3.8) is 0 Å². The SMILES string of the molecule is COC(C)CCn1nnc2cc(F)c(Cl)cc21. The number of methoxy groups -OCH3 is 1. The molecule has 0 saturated carbocycles. The van der Waals surface area contributed by atoms with Crippen LogP contribution < -0.4 is 0 Å². The molecule has 0 radical (unpaired) electrons. The van der Waals surface area contributed by atoms with Crippen molar-refractivity contribution in [2.24, 2.45) is 0 Å². The van der Waals surface area contributed by atoms with Gasteiger partial charge in [-0.2, -0.15) is 0 Å². The largest absolute Gasteiger partial charge is 0.382 e. The number of aryl methyl sites for hydroxylation is 1. The van der Waals surface area contributed by atoms with Crippen molar-refractivity contribution >= 4 is 22.6 Å². The van der Waals surface area contributed by atoms with E-state index in [0.29, 0.717) is 12.1 Å². The Kier molecular flexibility index (Phi) is 3.59. The maximum atomic E-state index is 13.2. The minimum absolute atomic E-state index is 0.0841. The molecule has 1 atom stereocenters. The van der Waals surface area contributed by atoms with Gasteiger partial charge in [-0.3, -0.25) is 0 Å². The molecular weight excluding hydrogens is 245 g/mol. The third-order valence-electron chi connectivity index (χ3n) is 2.71. The van der Waals surface area contributed by atoms with Crippen LogP contribution in [0.4, 0.5) is 4.39 Å². The predicted molar refractivity (Wildman–Crippen MR) is 63.6 cm³/mol. The second-order valence-electron chi connectivity index (χ2n) is 3.90. The fourth-order valence-electron chi connectivity index (χ4n) is 1.55. The van der Waals surface area contributed by atoms with E-state index in [1.54, 1.807) is 17.9 Å². The molecule has 4 nitrogen and oxygen atoms in total. The number of hydrogen-bond donors (Lipinski definition) is 0. The number of ether oxygens (including phenoxy) is 1. The van der Waals surface area contributed by atoms with E-state index in [9.17, 15) is 4.39 Å². The highest BCUT2D eigenvalue weighted by molar-refractivity contribution is 6.31. The molecule has 0 fully saturated rings. The van der Waals surface area contributed by atoms with Crippen molar-refractivity contribution in [2.45, 2.75) is 26.0 Å². The Morgan fingerprint density at radius 2 is 2.29 bits per heavy atom. The van der Waals surface area contributed by atoms with Crippen molar-refractivity contribution in [1.29, 1.82) is 0 Å². The molecule has 0 bridgehead atoms. The lowest BCUT2D eigenvalue weighted by molar-refractivity contribution is 0.106. The van der Waals surface area contributed by atoms with Crippen LogP contribution in [-0.4, -0.2) is 28.2 Å².